The monoisotopic (exact) mass is 522 g/mol. The molecular formula is C28H28ClFN4O3. The third-order valence-corrected chi connectivity index (χ3v) is 6.72. The number of hydrogen-bond donors (Lipinski definition) is 3. The molecule has 4 N–H and O–H groups in total. The fraction of sp³-hybridized carbons (Fsp3) is 0.250. The van der Waals surface area contributed by atoms with Gasteiger partial charge >= 0.3 is 0 Å². The summed E-state index contributed by atoms with van der Waals surface area (Å²) >= 11 is 6.23. The standard InChI is InChI=1S/C28H28ClFN4O3/c1-16(25(35)22(31)14-17-8-4-3-5-9-17)27(36)33-26-28(37)34(2)23-13-12-18(29)15-20(23)24(32-26)19-10-6-7-11-21(19)30/h3-13,15-16,22,25-26,35H,14,31H2,1-2H3,(H,33,36)/t16-,22-,25+,26?/m0/s1. The van der Waals surface area contributed by atoms with Crippen molar-refractivity contribution in [3.63, 3.8) is 0 Å². The van der Waals surface area contributed by atoms with E-state index in [9.17, 15) is 19.1 Å². The van der Waals surface area contributed by atoms with Crippen molar-refractivity contribution in [2.45, 2.75) is 31.7 Å². The molecule has 3 aromatic carbocycles. The molecule has 0 saturated carbocycles. The van der Waals surface area contributed by atoms with E-state index in [4.69, 9.17) is 17.3 Å². The van der Waals surface area contributed by atoms with Crippen molar-refractivity contribution in [2.75, 3.05) is 11.9 Å². The Bertz CT molecular complexity index is 1330. The highest BCUT2D eigenvalue weighted by Gasteiger charge is 2.35. The van der Waals surface area contributed by atoms with Crippen molar-refractivity contribution in [1.29, 1.82) is 0 Å². The molecule has 2 amide bonds. The van der Waals surface area contributed by atoms with Crippen LogP contribution in [0.3, 0.4) is 0 Å². The van der Waals surface area contributed by atoms with Gasteiger partial charge in [0.15, 0.2) is 0 Å². The molecule has 3 aromatic rings. The molecule has 0 bridgehead atoms. The fourth-order valence-electron chi connectivity index (χ4n) is 4.31. The van der Waals surface area contributed by atoms with Crippen LogP contribution in [0.1, 0.15) is 23.6 Å². The van der Waals surface area contributed by atoms with Crippen LogP contribution in [-0.4, -0.2) is 48.0 Å². The highest BCUT2D eigenvalue weighted by Crippen LogP contribution is 2.30. The first-order chi connectivity index (χ1) is 17.7. The number of aliphatic hydroxyl groups is 1. The van der Waals surface area contributed by atoms with Crippen LogP contribution in [-0.2, 0) is 16.0 Å². The number of nitrogens with zero attached hydrogens (tertiary/aromatic N) is 2. The Balaban J connectivity index is 1.63. The van der Waals surface area contributed by atoms with Crippen LogP contribution in [0.15, 0.2) is 77.8 Å². The van der Waals surface area contributed by atoms with Gasteiger partial charge in [-0.2, -0.15) is 0 Å². The van der Waals surface area contributed by atoms with Gasteiger partial charge in [-0.05, 0) is 42.3 Å². The molecule has 9 heteroatoms. The third-order valence-electron chi connectivity index (χ3n) is 6.48. The summed E-state index contributed by atoms with van der Waals surface area (Å²) in [6.45, 7) is 1.53. The highest BCUT2D eigenvalue weighted by atomic mass is 35.5. The number of fused-ring (bicyclic) bond motifs is 1. The minimum Gasteiger partial charge on any atom is -0.391 e. The summed E-state index contributed by atoms with van der Waals surface area (Å²) in [7, 11) is 1.54. The summed E-state index contributed by atoms with van der Waals surface area (Å²) in [6, 6.07) is 19.6. The molecule has 1 aliphatic rings. The predicted octanol–water partition coefficient (Wildman–Crippen LogP) is 3.30. The largest absolute Gasteiger partial charge is 0.391 e. The van der Waals surface area contributed by atoms with Crippen LogP contribution >= 0.6 is 11.6 Å². The van der Waals surface area contributed by atoms with Gasteiger partial charge in [0.25, 0.3) is 5.91 Å². The van der Waals surface area contributed by atoms with Crippen molar-refractivity contribution >= 4 is 34.8 Å². The van der Waals surface area contributed by atoms with E-state index >= 15 is 0 Å². The molecule has 37 heavy (non-hydrogen) atoms. The molecule has 0 aliphatic carbocycles. The Kier molecular flexibility index (Phi) is 8.02. The number of carbonyl (C=O) groups excluding carboxylic acids is 2. The van der Waals surface area contributed by atoms with Gasteiger partial charge in [0.05, 0.1) is 23.4 Å². The number of benzene rings is 3. The fourth-order valence-corrected chi connectivity index (χ4v) is 4.48. The molecule has 1 heterocycles. The molecule has 1 unspecified atom stereocenters. The lowest BCUT2D eigenvalue weighted by molar-refractivity contribution is -0.132. The second-order valence-electron chi connectivity index (χ2n) is 9.06. The number of carbonyl (C=O) groups is 2. The maximum Gasteiger partial charge on any atom is 0.272 e. The van der Waals surface area contributed by atoms with Crippen LogP contribution in [0.4, 0.5) is 10.1 Å². The quantitative estimate of drug-likeness (QED) is 0.442. The SMILES string of the molecule is C[C@H](C(=O)NC1N=C(c2ccccc2F)c2cc(Cl)ccc2N(C)C1=O)[C@@H](O)[C@@H](N)Cc1ccccc1. The molecule has 0 fully saturated rings. The smallest absolute Gasteiger partial charge is 0.272 e. The van der Waals surface area contributed by atoms with E-state index in [-0.39, 0.29) is 11.3 Å². The number of aliphatic imine (C=N–C) groups is 1. The predicted molar refractivity (Wildman–Crippen MR) is 142 cm³/mol. The van der Waals surface area contributed by atoms with Crippen LogP contribution in [0, 0.1) is 11.7 Å². The van der Waals surface area contributed by atoms with Gasteiger partial charge in [-0.15, -0.1) is 0 Å². The van der Waals surface area contributed by atoms with Crippen LogP contribution < -0.4 is 16.0 Å². The van der Waals surface area contributed by atoms with Crippen molar-refractivity contribution < 1.29 is 19.1 Å². The van der Waals surface area contributed by atoms with E-state index < -0.39 is 41.9 Å². The molecule has 7 nitrogen and oxygen atoms in total. The van der Waals surface area contributed by atoms with Crippen LogP contribution in [0.25, 0.3) is 0 Å². The van der Waals surface area contributed by atoms with Crippen LogP contribution in [0.5, 0.6) is 0 Å². The van der Waals surface area contributed by atoms with Gasteiger partial charge in [-0.3, -0.25) is 9.59 Å². The second-order valence-corrected chi connectivity index (χ2v) is 9.50. The summed E-state index contributed by atoms with van der Waals surface area (Å²) < 4.78 is 14.8. The number of halogens is 2. The minimum absolute atomic E-state index is 0.159. The Morgan fingerprint density at radius 2 is 1.81 bits per heavy atom. The lowest BCUT2D eigenvalue weighted by Gasteiger charge is -2.26. The number of benzodiazepines with no additional fused rings is 1. The van der Waals surface area contributed by atoms with E-state index in [2.05, 4.69) is 10.3 Å². The third kappa shape index (κ3) is 5.72. The first-order valence-corrected chi connectivity index (χ1v) is 12.2. The lowest BCUT2D eigenvalue weighted by Crippen LogP contribution is -2.51. The summed E-state index contributed by atoms with van der Waals surface area (Å²) in [6.07, 6.45) is -2.17. The lowest BCUT2D eigenvalue weighted by atomic mass is 9.93. The number of nitrogens with two attached hydrogens (primary N) is 1. The molecule has 4 atom stereocenters. The van der Waals surface area contributed by atoms with E-state index in [1.54, 1.807) is 43.4 Å². The Labute approximate surface area is 219 Å². The molecule has 0 spiro atoms. The molecule has 0 radical (unpaired) electrons. The molecule has 4 rings (SSSR count). The van der Waals surface area contributed by atoms with Crippen molar-refractivity contribution in [3.8, 4) is 0 Å². The van der Waals surface area contributed by atoms with E-state index in [1.807, 2.05) is 30.3 Å². The molecule has 0 saturated heterocycles. The van der Waals surface area contributed by atoms with E-state index in [1.165, 1.54) is 17.9 Å². The maximum absolute atomic E-state index is 14.8. The molecule has 192 valence electrons. The number of amides is 2. The first kappa shape index (κ1) is 26.5. The number of nitrogens with one attached hydrogen (secondary N) is 1. The van der Waals surface area contributed by atoms with Gasteiger partial charge in [0.1, 0.15) is 5.82 Å². The molecule has 0 aromatic heterocycles. The van der Waals surface area contributed by atoms with Crippen molar-refractivity contribution in [1.82, 2.24) is 5.32 Å². The van der Waals surface area contributed by atoms with E-state index in [0.29, 0.717) is 22.7 Å². The Morgan fingerprint density at radius 1 is 1.14 bits per heavy atom. The number of likely N-dealkylation sites (N-methyl/N-ethyl adjacent to an activating group) is 1. The zero-order chi connectivity index (χ0) is 26.7. The minimum atomic E-state index is -1.36. The first-order valence-electron chi connectivity index (χ1n) is 11.9. The summed E-state index contributed by atoms with van der Waals surface area (Å²) in [5.74, 6) is -2.61. The van der Waals surface area contributed by atoms with Gasteiger partial charge in [-0.25, -0.2) is 9.38 Å². The van der Waals surface area contributed by atoms with Gasteiger partial charge in [0, 0.05) is 29.2 Å². The van der Waals surface area contributed by atoms with Crippen molar-refractivity contribution in [2.24, 2.45) is 16.6 Å². The topological polar surface area (TPSA) is 108 Å². The number of anilines is 1. The second kappa shape index (κ2) is 11.2. The van der Waals surface area contributed by atoms with Gasteiger partial charge < -0.3 is 21.1 Å². The average Bonchev–Trinajstić information content (AvgIpc) is 2.99. The van der Waals surface area contributed by atoms with Crippen molar-refractivity contribution in [3.05, 3.63) is 100 Å². The maximum atomic E-state index is 14.8. The zero-order valence-electron chi connectivity index (χ0n) is 20.4. The van der Waals surface area contributed by atoms with Crippen LogP contribution in [0.2, 0.25) is 5.02 Å². The zero-order valence-corrected chi connectivity index (χ0v) is 21.2. The summed E-state index contributed by atoms with van der Waals surface area (Å²) in [4.78, 5) is 32.3. The van der Waals surface area contributed by atoms with E-state index in [0.717, 1.165) is 5.56 Å². The number of rotatable bonds is 7. The van der Waals surface area contributed by atoms with Gasteiger partial charge in [-0.1, -0.05) is 61.0 Å². The number of hydrogen-bond acceptors (Lipinski definition) is 5. The molecular weight excluding hydrogens is 495 g/mol. The average molecular weight is 523 g/mol. The highest BCUT2D eigenvalue weighted by molar-refractivity contribution is 6.32. The Hall–Kier alpha value is -3.59. The summed E-state index contributed by atoms with van der Waals surface area (Å²) in [5, 5.41) is 13.8. The number of aliphatic hydroxyl groups excluding tert-OH is 1. The Morgan fingerprint density at radius 3 is 2.51 bits per heavy atom. The molecule has 1 aliphatic heterocycles. The van der Waals surface area contributed by atoms with Gasteiger partial charge in [0.2, 0.25) is 12.1 Å². The normalized spacial score (nSPS) is 17.8. The summed E-state index contributed by atoms with van der Waals surface area (Å²) in [5.41, 5.74) is 8.37.